The standard InChI is InChI=1S/C25H28FN5O2/c1-29(2)21-9-5-18(6-10-21)16-27-25(33)19-4-3-15-30(17-19)23-13-14-24(32)31(28-23)22-11-7-20(26)8-12-22/h5-14,19H,3-4,15-17H2,1-2H3,(H,27,33). The summed E-state index contributed by atoms with van der Waals surface area (Å²) in [7, 11) is 3.98. The van der Waals surface area contributed by atoms with Gasteiger partial charge in [0.25, 0.3) is 5.56 Å². The smallest absolute Gasteiger partial charge is 0.271 e. The largest absolute Gasteiger partial charge is 0.378 e. The van der Waals surface area contributed by atoms with Gasteiger partial charge in [-0.1, -0.05) is 12.1 Å². The van der Waals surface area contributed by atoms with Gasteiger partial charge >= 0.3 is 0 Å². The Balaban J connectivity index is 1.41. The number of carbonyl (C=O) groups excluding carboxylic acids is 1. The van der Waals surface area contributed by atoms with Crippen molar-refractivity contribution >= 4 is 17.4 Å². The maximum atomic E-state index is 13.3. The van der Waals surface area contributed by atoms with Crippen molar-refractivity contribution in [3.05, 3.63) is 82.4 Å². The first-order chi connectivity index (χ1) is 15.9. The minimum atomic E-state index is -0.374. The zero-order chi connectivity index (χ0) is 23.4. The first kappa shape index (κ1) is 22.5. The zero-order valence-corrected chi connectivity index (χ0v) is 18.9. The van der Waals surface area contributed by atoms with E-state index in [2.05, 4.69) is 10.4 Å². The van der Waals surface area contributed by atoms with Gasteiger partial charge in [-0.25, -0.2) is 4.39 Å². The highest BCUT2D eigenvalue weighted by Crippen LogP contribution is 2.22. The van der Waals surface area contributed by atoms with Crippen LogP contribution in [0.25, 0.3) is 5.69 Å². The Kier molecular flexibility index (Phi) is 6.72. The Bertz CT molecular complexity index is 1160. The molecule has 7 nitrogen and oxygen atoms in total. The van der Waals surface area contributed by atoms with Crippen LogP contribution in [-0.2, 0) is 11.3 Å². The molecule has 2 aromatic carbocycles. The summed E-state index contributed by atoms with van der Waals surface area (Å²) in [4.78, 5) is 29.2. The summed E-state index contributed by atoms with van der Waals surface area (Å²) in [5.41, 5.74) is 2.36. The van der Waals surface area contributed by atoms with Gasteiger partial charge in [-0.2, -0.15) is 4.68 Å². The van der Waals surface area contributed by atoms with Crippen molar-refractivity contribution < 1.29 is 9.18 Å². The molecule has 1 aliphatic rings. The van der Waals surface area contributed by atoms with E-state index in [0.29, 0.717) is 24.6 Å². The average Bonchev–Trinajstić information content (AvgIpc) is 2.84. The van der Waals surface area contributed by atoms with Gasteiger partial charge < -0.3 is 15.1 Å². The fourth-order valence-corrected chi connectivity index (χ4v) is 3.98. The van der Waals surface area contributed by atoms with Gasteiger partial charge in [0, 0.05) is 45.5 Å². The maximum Gasteiger partial charge on any atom is 0.271 e. The van der Waals surface area contributed by atoms with Crippen LogP contribution in [0.15, 0.2) is 65.5 Å². The van der Waals surface area contributed by atoms with E-state index >= 15 is 0 Å². The third-order valence-electron chi connectivity index (χ3n) is 5.89. The highest BCUT2D eigenvalue weighted by molar-refractivity contribution is 5.79. The molecule has 1 atom stereocenters. The molecule has 2 heterocycles. The van der Waals surface area contributed by atoms with Crippen LogP contribution in [0.3, 0.4) is 0 Å². The average molecular weight is 450 g/mol. The van der Waals surface area contributed by atoms with Gasteiger partial charge in [0.1, 0.15) is 11.6 Å². The molecule has 0 bridgehead atoms. The summed E-state index contributed by atoms with van der Waals surface area (Å²) < 4.78 is 14.5. The third-order valence-corrected chi connectivity index (χ3v) is 5.89. The zero-order valence-electron chi connectivity index (χ0n) is 18.9. The molecule has 0 radical (unpaired) electrons. The molecule has 0 aliphatic carbocycles. The van der Waals surface area contributed by atoms with Crippen LogP contribution in [0.5, 0.6) is 0 Å². The van der Waals surface area contributed by atoms with E-state index in [1.807, 2.05) is 48.2 Å². The number of halogens is 1. The Morgan fingerprint density at radius 1 is 1.09 bits per heavy atom. The van der Waals surface area contributed by atoms with E-state index in [1.54, 1.807) is 6.07 Å². The van der Waals surface area contributed by atoms with E-state index < -0.39 is 0 Å². The van der Waals surface area contributed by atoms with E-state index in [1.165, 1.54) is 35.0 Å². The van der Waals surface area contributed by atoms with Crippen LogP contribution < -0.4 is 20.7 Å². The van der Waals surface area contributed by atoms with Crippen LogP contribution in [0.2, 0.25) is 0 Å². The fraction of sp³-hybridized carbons (Fsp3) is 0.320. The van der Waals surface area contributed by atoms with Gasteiger partial charge in [-0.3, -0.25) is 9.59 Å². The highest BCUT2D eigenvalue weighted by atomic mass is 19.1. The lowest BCUT2D eigenvalue weighted by Gasteiger charge is -2.33. The molecule has 1 aromatic heterocycles. The Hall–Kier alpha value is -3.68. The lowest BCUT2D eigenvalue weighted by molar-refractivity contribution is -0.125. The van der Waals surface area contributed by atoms with Crippen LogP contribution in [0.1, 0.15) is 18.4 Å². The minimum absolute atomic E-state index is 0.0169. The normalized spacial score (nSPS) is 15.8. The monoisotopic (exact) mass is 449 g/mol. The van der Waals surface area contributed by atoms with Crippen LogP contribution >= 0.6 is 0 Å². The molecule has 3 aromatic rings. The second kappa shape index (κ2) is 9.85. The maximum absolute atomic E-state index is 13.3. The van der Waals surface area contributed by atoms with Crippen molar-refractivity contribution in [1.29, 1.82) is 0 Å². The van der Waals surface area contributed by atoms with Crippen LogP contribution in [0, 0.1) is 11.7 Å². The number of hydrogen-bond donors (Lipinski definition) is 1. The van der Waals surface area contributed by atoms with Crippen molar-refractivity contribution in [1.82, 2.24) is 15.1 Å². The number of aromatic nitrogens is 2. The van der Waals surface area contributed by atoms with Crippen LogP contribution in [0.4, 0.5) is 15.9 Å². The summed E-state index contributed by atoms with van der Waals surface area (Å²) in [5.74, 6) is 0.105. The molecular weight excluding hydrogens is 421 g/mol. The third kappa shape index (κ3) is 5.39. The molecule has 1 aliphatic heterocycles. The molecule has 8 heteroatoms. The Morgan fingerprint density at radius 2 is 1.82 bits per heavy atom. The first-order valence-electron chi connectivity index (χ1n) is 11.1. The summed E-state index contributed by atoms with van der Waals surface area (Å²) in [6.07, 6.45) is 1.66. The van der Waals surface area contributed by atoms with Crippen molar-refractivity contribution in [3.63, 3.8) is 0 Å². The van der Waals surface area contributed by atoms with Gasteiger partial charge in [0.2, 0.25) is 5.91 Å². The fourth-order valence-electron chi connectivity index (χ4n) is 3.98. The van der Waals surface area contributed by atoms with E-state index in [4.69, 9.17) is 0 Å². The van der Waals surface area contributed by atoms with Gasteiger partial charge in [-0.15, -0.1) is 5.10 Å². The number of anilines is 2. The lowest BCUT2D eigenvalue weighted by Crippen LogP contribution is -2.43. The number of piperidine rings is 1. The topological polar surface area (TPSA) is 70.5 Å². The van der Waals surface area contributed by atoms with Crippen molar-refractivity contribution in [2.75, 3.05) is 37.0 Å². The molecule has 0 saturated carbocycles. The lowest BCUT2D eigenvalue weighted by atomic mass is 9.97. The SMILES string of the molecule is CN(C)c1ccc(CNC(=O)C2CCCN(c3ccc(=O)n(-c4ccc(F)cc4)n3)C2)cc1. The Morgan fingerprint density at radius 3 is 2.52 bits per heavy atom. The van der Waals surface area contributed by atoms with E-state index in [-0.39, 0.29) is 23.2 Å². The second-order valence-electron chi connectivity index (χ2n) is 8.48. The predicted octanol–water partition coefficient (Wildman–Crippen LogP) is 2.97. The molecule has 4 rings (SSSR count). The molecular formula is C25H28FN5O2. The number of hydrogen-bond acceptors (Lipinski definition) is 5. The van der Waals surface area contributed by atoms with Crippen molar-refractivity contribution in [3.8, 4) is 5.69 Å². The molecule has 172 valence electrons. The molecule has 1 unspecified atom stereocenters. The summed E-state index contributed by atoms with van der Waals surface area (Å²) in [6, 6.07) is 16.9. The van der Waals surface area contributed by atoms with Crippen molar-refractivity contribution in [2.45, 2.75) is 19.4 Å². The number of benzene rings is 2. The molecule has 1 amide bonds. The molecule has 1 N–H and O–H groups in total. The molecule has 0 spiro atoms. The predicted molar refractivity (Wildman–Crippen MR) is 127 cm³/mol. The Labute approximate surface area is 192 Å². The van der Waals surface area contributed by atoms with Gasteiger partial charge in [-0.05, 0) is 60.9 Å². The van der Waals surface area contributed by atoms with Gasteiger partial charge in [0.05, 0.1) is 11.6 Å². The quantitative estimate of drug-likeness (QED) is 0.627. The minimum Gasteiger partial charge on any atom is -0.378 e. The van der Waals surface area contributed by atoms with Gasteiger partial charge in [0.15, 0.2) is 0 Å². The summed E-state index contributed by atoms with van der Waals surface area (Å²) in [6.45, 7) is 1.77. The first-order valence-corrected chi connectivity index (χ1v) is 11.1. The number of amides is 1. The van der Waals surface area contributed by atoms with Crippen LogP contribution in [-0.4, -0.2) is 42.9 Å². The molecule has 1 fully saturated rings. The number of nitrogens with one attached hydrogen (secondary N) is 1. The number of carbonyl (C=O) groups is 1. The number of rotatable bonds is 6. The summed E-state index contributed by atoms with van der Waals surface area (Å²) in [5, 5.41) is 7.53. The second-order valence-corrected chi connectivity index (χ2v) is 8.48. The number of nitrogens with zero attached hydrogens (tertiary/aromatic N) is 4. The van der Waals surface area contributed by atoms with Crippen molar-refractivity contribution in [2.24, 2.45) is 5.92 Å². The molecule has 1 saturated heterocycles. The summed E-state index contributed by atoms with van der Waals surface area (Å²) >= 11 is 0. The highest BCUT2D eigenvalue weighted by Gasteiger charge is 2.26. The molecule has 33 heavy (non-hydrogen) atoms. The van der Waals surface area contributed by atoms with E-state index in [0.717, 1.165) is 30.6 Å². The van der Waals surface area contributed by atoms with E-state index in [9.17, 15) is 14.0 Å².